The number of ether oxygens (including phenoxy) is 1. The van der Waals surface area contributed by atoms with Crippen LogP contribution < -0.4 is 15.0 Å². The molecule has 1 aliphatic heterocycles. The first kappa shape index (κ1) is 17.2. The molecule has 136 valence electrons. The zero-order chi connectivity index (χ0) is 18.6. The summed E-state index contributed by atoms with van der Waals surface area (Å²) in [6, 6.07) is 25.9. The van der Waals surface area contributed by atoms with Crippen molar-refractivity contribution in [2.75, 3.05) is 17.3 Å². The van der Waals surface area contributed by atoms with Crippen molar-refractivity contribution < 1.29 is 9.53 Å². The second-order valence-electron chi connectivity index (χ2n) is 6.66. The second kappa shape index (κ2) is 7.54. The number of nitrogens with zero attached hydrogens (tertiary/aromatic N) is 1. The number of fused-ring (bicyclic) bond motifs is 1. The molecular weight excluding hydrogens is 336 g/mol. The van der Waals surface area contributed by atoms with Crippen LogP contribution in [0, 0.1) is 0 Å². The number of amides is 1. The van der Waals surface area contributed by atoms with Crippen LogP contribution in [-0.4, -0.2) is 13.0 Å². The lowest BCUT2D eigenvalue weighted by atomic mass is 10.0. The number of nitrogens with one attached hydrogen (secondary N) is 1. The Morgan fingerprint density at radius 3 is 2.59 bits per heavy atom. The first-order valence-corrected chi connectivity index (χ1v) is 9.08. The molecule has 27 heavy (non-hydrogen) atoms. The number of para-hydroxylation sites is 2. The fourth-order valence-electron chi connectivity index (χ4n) is 3.49. The fraction of sp³-hybridized carbons (Fsp3) is 0.174. The Hall–Kier alpha value is -3.27. The van der Waals surface area contributed by atoms with Gasteiger partial charge in [-0.15, -0.1) is 0 Å². The van der Waals surface area contributed by atoms with Crippen LogP contribution in [0.3, 0.4) is 0 Å². The van der Waals surface area contributed by atoms with Gasteiger partial charge in [-0.1, -0.05) is 54.6 Å². The van der Waals surface area contributed by atoms with Crippen molar-refractivity contribution in [2.24, 2.45) is 0 Å². The molecule has 0 radical (unpaired) electrons. The summed E-state index contributed by atoms with van der Waals surface area (Å²) in [5, 5.41) is 3.56. The van der Waals surface area contributed by atoms with Gasteiger partial charge in [0.05, 0.1) is 37.5 Å². The van der Waals surface area contributed by atoms with Gasteiger partial charge in [0.15, 0.2) is 0 Å². The Labute approximate surface area is 159 Å². The molecule has 1 unspecified atom stereocenters. The summed E-state index contributed by atoms with van der Waals surface area (Å²) in [5.74, 6) is 0.893. The summed E-state index contributed by atoms with van der Waals surface area (Å²) in [7, 11) is 1.65. The van der Waals surface area contributed by atoms with Gasteiger partial charge < -0.3 is 15.0 Å². The maximum Gasteiger partial charge on any atom is 0.229 e. The molecule has 0 bridgehead atoms. The Bertz CT molecular complexity index is 940. The van der Waals surface area contributed by atoms with Crippen LogP contribution >= 0.6 is 0 Å². The normalized spacial score (nSPS) is 16.3. The van der Waals surface area contributed by atoms with Crippen LogP contribution in [0.4, 0.5) is 11.4 Å². The average Bonchev–Trinajstić information content (AvgIpc) is 2.86. The van der Waals surface area contributed by atoms with E-state index in [1.54, 1.807) is 7.11 Å². The van der Waals surface area contributed by atoms with E-state index in [0.717, 1.165) is 28.3 Å². The van der Waals surface area contributed by atoms with Gasteiger partial charge in [-0.3, -0.25) is 4.79 Å². The van der Waals surface area contributed by atoms with E-state index >= 15 is 0 Å². The SMILES string of the molecule is COc1cccc(C2CC(=O)N(Cc3ccccc3)c3ccccc3N2)c1. The van der Waals surface area contributed by atoms with Crippen molar-refractivity contribution in [3.05, 3.63) is 90.0 Å². The monoisotopic (exact) mass is 358 g/mol. The Balaban J connectivity index is 1.70. The molecule has 3 aromatic carbocycles. The van der Waals surface area contributed by atoms with E-state index in [1.807, 2.05) is 83.8 Å². The minimum absolute atomic E-state index is 0.101. The molecule has 0 aromatic heterocycles. The summed E-state index contributed by atoms with van der Waals surface area (Å²) in [5.41, 5.74) is 4.03. The molecule has 0 spiro atoms. The van der Waals surface area contributed by atoms with E-state index in [9.17, 15) is 4.79 Å². The third-order valence-electron chi connectivity index (χ3n) is 4.88. The van der Waals surface area contributed by atoms with Crippen LogP contribution in [0.1, 0.15) is 23.6 Å². The molecule has 3 aromatic rings. The average molecular weight is 358 g/mol. The molecule has 1 N–H and O–H groups in total. The van der Waals surface area contributed by atoms with Gasteiger partial charge in [0, 0.05) is 0 Å². The molecule has 0 saturated heterocycles. The molecule has 0 aliphatic carbocycles. The topological polar surface area (TPSA) is 41.6 Å². The highest BCUT2D eigenvalue weighted by Crippen LogP contribution is 2.36. The van der Waals surface area contributed by atoms with Crippen molar-refractivity contribution in [2.45, 2.75) is 19.0 Å². The summed E-state index contributed by atoms with van der Waals surface area (Å²) in [4.78, 5) is 15.0. The van der Waals surface area contributed by atoms with Crippen LogP contribution in [0.5, 0.6) is 5.75 Å². The molecule has 1 heterocycles. The molecule has 0 saturated carbocycles. The van der Waals surface area contributed by atoms with Crippen LogP contribution in [0.25, 0.3) is 0 Å². The predicted molar refractivity (Wildman–Crippen MR) is 108 cm³/mol. The number of rotatable bonds is 4. The van der Waals surface area contributed by atoms with E-state index in [-0.39, 0.29) is 11.9 Å². The van der Waals surface area contributed by atoms with E-state index < -0.39 is 0 Å². The Kier molecular flexibility index (Phi) is 4.79. The van der Waals surface area contributed by atoms with Gasteiger partial charge in [0.25, 0.3) is 0 Å². The molecular formula is C23H22N2O2. The second-order valence-corrected chi connectivity index (χ2v) is 6.66. The number of hydrogen-bond acceptors (Lipinski definition) is 3. The highest BCUT2D eigenvalue weighted by atomic mass is 16.5. The van der Waals surface area contributed by atoms with E-state index in [0.29, 0.717) is 13.0 Å². The lowest BCUT2D eigenvalue weighted by Gasteiger charge is -2.22. The number of anilines is 2. The Morgan fingerprint density at radius 2 is 1.78 bits per heavy atom. The van der Waals surface area contributed by atoms with E-state index in [2.05, 4.69) is 5.32 Å². The zero-order valence-corrected chi connectivity index (χ0v) is 15.3. The zero-order valence-electron chi connectivity index (χ0n) is 15.3. The third kappa shape index (κ3) is 3.65. The van der Waals surface area contributed by atoms with E-state index in [4.69, 9.17) is 4.74 Å². The molecule has 4 rings (SSSR count). The molecule has 1 amide bonds. The number of carbonyl (C=O) groups is 1. The highest BCUT2D eigenvalue weighted by molar-refractivity contribution is 5.98. The van der Waals surface area contributed by atoms with Crippen molar-refractivity contribution in [1.29, 1.82) is 0 Å². The molecule has 1 atom stereocenters. The maximum absolute atomic E-state index is 13.2. The van der Waals surface area contributed by atoms with Gasteiger partial charge in [0.2, 0.25) is 5.91 Å². The maximum atomic E-state index is 13.2. The van der Waals surface area contributed by atoms with Gasteiger partial charge >= 0.3 is 0 Å². The standard InChI is InChI=1S/C23H22N2O2/c1-27-19-11-7-10-18(14-19)21-15-23(26)25(16-17-8-3-2-4-9-17)22-13-6-5-12-20(22)24-21/h2-14,21,24H,15-16H2,1H3. The van der Waals surface area contributed by atoms with Crippen LogP contribution in [0.2, 0.25) is 0 Å². The molecule has 1 aliphatic rings. The predicted octanol–water partition coefficient (Wildman–Crippen LogP) is 4.79. The first-order chi connectivity index (χ1) is 13.2. The highest BCUT2D eigenvalue weighted by Gasteiger charge is 2.28. The van der Waals surface area contributed by atoms with Crippen molar-refractivity contribution in [3.8, 4) is 5.75 Å². The summed E-state index contributed by atoms with van der Waals surface area (Å²) in [6.07, 6.45) is 0.384. The number of benzene rings is 3. The summed E-state index contributed by atoms with van der Waals surface area (Å²) < 4.78 is 5.35. The van der Waals surface area contributed by atoms with Gasteiger partial charge in [0.1, 0.15) is 5.75 Å². The quantitative estimate of drug-likeness (QED) is 0.729. The smallest absolute Gasteiger partial charge is 0.229 e. The van der Waals surface area contributed by atoms with E-state index in [1.165, 1.54) is 0 Å². The van der Waals surface area contributed by atoms with Crippen molar-refractivity contribution >= 4 is 17.3 Å². The van der Waals surface area contributed by atoms with Gasteiger partial charge in [-0.25, -0.2) is 0 Å². The molecule has 4 nitrogen and oxygen atoms in total. The lowest BCUT2D eigenvalue weighted by Crippen LogP contribution is -2.30. The minimum Gasteiger partial charge on any atom is -0.497 e. The number of carbonyl (C=O) groups excluding carboxylic acids is 1. The van der Waals surface area contributed by atoms with Crippen LogP contribution in [0.15, 0.2) is 78.9 Å². The first-order valence-electron chi connectivity index (χ1n) is 9.08. The largest absolute Gasteiger partial charge is 0.497 e. The van der Waals surface area contributed by atoms with Crippen molar-refractivity contribution in [3.63, 3.8) is 0 Å². The lowest BCUT2D eigenvalue weighted by molar-refractivity contribution is -0.118. The fourth-order valence-corrected chi connectivity index (χ4v) is 3.49. The van der Waals surface area contributed by atoms with Crippen LogP contribution in [-0.2, 0) is 11.3 Å². The third-order valence-corrected chi connectivity index (χ3v) is 4.88. The Morgan fingerprint density at radius 1 is 1.00 bits per heavy atom. The number of methoxy groups -OCH3 is 1. The summed E-state index contributed by atoms with van der Waals surface area (Å²) in [6.45, 7) is 0.559. The summed E-state index contributed by atoms with van der Waals surface area (Å²) >= 11 is 0. The molecule has 0 fully saturated rings. The van der Waals surface area contributed by atoms with Gasteiger partial charge in [-0.05, 0) is 35.4 Å². The number of hydrogen-bond donors (Lipinski definition) is 1. The van der Waals surface area contributed by atoms with Gasteiger partial charge in [-0.2, -0.15) is 0 Å². The van der Waals surface area contributed by atoms with Crippen molar-refractivity contribution in [1.82, 2.24) is 0 Å². The molecule has 4 heteroatoms. The minimum atomic E-state index is -0.102.